The predicted molar refractivity (Wildman–Crippen MR) is 78.5 cm³/mol. The number of methoxy groups -OCH3 is 1. The molecule has 19 heavy (non-hydrogen) atoms. The third-order valence-corrected chi connectivity index (χ3v) is 3.90. The number of aryl methyl sites for hydroxylation is 1. The van der Waals surface area contributed by atoms with Gasteiger partial charge in [0.25, 0.3) is 0 Å². The van der Waals surface area contributed by atoms with E-state index in [0.717, 1.165) is 11.3 Å². The molecule has 0 aliphatic heterocycles. The van der Waals surface area contributed by atoms with E-state index in [1.807, 2.05) is 18.2 Å². The topological polar surface area (TPSA) is 26.3 Å². The van der Waals surface area contributed by atoms with Crippen LogP contribution >= 0.6 is 11.8 Å². The molecule has 3 heteroatoms. The second-order valence-corrected chi connectivity index (χ2v) is 5.30. The second-order valence-electron chi connectivity index (χ2n) is 4.25. The Morgan fingerprint density at radius 3 is 2.47 bits per heavy atom. The van der Waals surface area contributed by atoms with Gasteiger partial charge in [0.05, 0.1) is 12.7 Å². The summed E-state index contributed by atoms with van der Waals surface area (Å²) in [7, 11) is 1.41. The highest BCUT2D eigenvalue weighted by Crippen LogP contribution is 2.25. The fourth-order valence-electron chi connectivity index (χ4n) is 1.75. The van der Waals surface area contributed by atoms with Gasteiger partial charge in [0.1, 0.15) is 0 Å². The molecule has 0 saturated heterocycles. The molecule has 0 atom stereocenters. The Bertz CT molecular complexity index is 561. The van der Waals surface area contributed by atoms with Crippen LogP contribution in [0, 0.1) is 6.92 Å². The van der Waals surface area contributed by atoms with Gasteiger partial charge >= 0.3 is 5.97 Å². The summed E-state index contributed by atoms with van der Waals surface area (Å²) in [6.45, 7) is 2.07. The van der Waals surface area contributed by atoms with Gasteiger partial charge < -0.3 is 4.74 Å². The minimum absolute atomic E-state index is 0.278. The van der Waals surface area contributed by atoms with Crippen molar-refractivity contribution >= 4 is 17.7 Å². The monoisotopic (exact) mass is 272 g/mol. The number of hydrogen-bond acceptors (Lipinski definition) is 3. The van der Waals surface area contributed by atoms with Crippen LogP contribution in [-0.4, -0.2) is 13.1 Å². The van der Waals surface area contributed by atoms with Crippen LogP contribution in [0.4, 0.5) is 0 Å². The largest absolute Gasteiger partial charge is 0.465 e. The Hall–Kier alpha value is -1.74. The van der Waals surface area contributed by atoms with Crippen LogP contribution in [-0.2, 0) is 10.5 Å². The van der Waals surface area contributed by atoms with Gasteiger partial charge in [-0.05, 0) is 30.7 Å². The van der Waals surface area contributed by atoms with E-state index >= 15 is 0 Å². The molecule has 0 bridgehead atoms. The molecule has 0 radical (unpaired) electrons. The molecule has 2 rings (SSSR count). The Balaban J connectivity index is 2.11. The zero-order chi connectivity index (χ0) is 13.7. The van der Waals surface area contributed by atoms with Gasteiger partial charge in [0.2, 0.25) is 0 Å². The Labute approximate surface area is 117 Å². The number of ether oxygens (including phenoxy) is 1. The van der Waals surface area contributed by atoms with Gasteiger partial charge in [-0.25, -0.2) is 4.79 Å². The summed E-state index contributed by atoms with van der Waals surface area (Å²) in [5.74, 6) is 0.481. The van der Waals surface area contributed by atoms with Crippen LogP contribution in [0.25, 0.3) is 0 Å². The molecule has 0 aliphatic rings. The normalized spacial score (nSPS) is 10.2. The summed E-state index contributed by atoms with van der Waals surface area (Å²) in [6, 6.07) is 15.9. The van der Waals surface area contributed by atoms with Gasteiger partial charge in [0.15, 0.2) is 0 Å². The summed E-state index contributed by atoms with van der Waals surface area (Å²) >= 11 is 1.72. The molecule has 0 saturated carbocycles. The minimum Gasteiger partial charge on any atom is -0.465 e. The van der Waals surface area contributed by atoms with Crippen molar-refractivity contribution in [2.45, 2.75) is 17.6 Å². The lowest BCUT2D eigenvalue weighted by Crippen LogP contribution is -2.04. The number of esters is 1. The molecule has 0 N–H and O–H groups in total. The minimum atomic E-state index is -0.278. The van der Waals surface area contributed by atoms with Crippen LogP contribution in [0.15, 0.2) is 53.4 Å². The number of thioether (sulfide) groups is 1. The molecule has 2 aromatic rings. The van der Waals surface area contributed by atoms with E-state index in [2.05, 4.69) is 31.2 Å². The van der Waals surface area contributed by atoms with E-state index in [1.165, 1.54) is 17.6 Å². The Morgan fingerprint density at radius 1 is 1.11 bits per heavy atom. The summed E-state index contributed by atoms with van der Waals surface area (Å²) in [5.41, 5.74) is 2.89. The lowest BCUT2D eigenvalue weighted by molar-refractivity contribution is 0.0600. The van der Waals surface area contributed by atoms with Gasteiger partial charge in [-0.2, -0.15) is 0 Å². The fraction of sp³-hybridized carbons (Fsp3) is 0.188. The maximum atomic E-state index is 11.7. The average molecular weight is 272 g/mol. The van der Waals surface area contributed by atoms with E-state index in [1.54, 1.807) is 17.8 Å². The fourth-order valence-corrected chi connectivity index (χ4v) is 2.65. The van der Waals surface area contributed by atoms with Gasteiger partial charge in [-0.15, -0.1) is 11.8 Å². The molecule has 0 amide bonds. The standard InChI is InChI=1S/C16H16O2S/c1-12-7-9-14(10-8-12)19-11-13-5-3-4-6-15(13)16(17)18-2/h3-10H,11H2,1-2H3. The van der Waals surface area contributed by atoms with Crippen LogP contribution in [0.5, 0.6) is 0 Å². The molecule has 0 aliphatic carbocycles. The molecule has 0 aromatic heterocycles. The van der Waals surface area contributed by atoms with Crippen LogP contribution < -0.4 is 0 Å². The first-order chi connectivity index (χ1) is 9.20. The van der Waals surface area contributed by atoms with Crippen molar-refractivity contribution in [1.82, 2.24) is 0 Å². The van der Waals surface area contributed by atoms with E-state index < -0.39 is 0 Å². The first kappa shape index (κ1) is 13.7. The Kier molecular flexibility index (Phi) is 4.63. The summed E-state index contributed by atoms with van der Waals surface area (Å²) in [6.07, 6.45) is 0. The summed E-state index contributed by atoms with van der Waals surface area (Å²) in [5, 5.41) is 0. The Morgan fingerprint density at radius 2 is 1.79 bits per heavy atom. The van der Waals surface area contributed by atoms with Crippen LogP contribution in [0.1, 0.15) is 21.5 Å². The number of hydrogen-bond donors (Lipinski definition) is 0. The zero-order valence-corrected chi connectivity index (χ0v) is 11.9. The number of carbonyl (C=O) groups is 1. The lowest BCUT2D eigenvalue weighted by atomic mass is 10.1. The van der Waals surface area contributed by atoms with Crippen LogP contribution in [0.3, 0.4) is 0 Å². The molecule has 98 valence electrons. The van der Waals surface area contributed by atoms with E-state index in [9.17, 15) is 4.79 Å². The average Bonchev–Trinajstić information content (AvgIpc) is 2.46. The highest BCUT2D eigenvalue weighted by Gasteiger charge is 2.10. The number of carbonyl (C=O) groups excluding carboxylic acids is 1. The van der Waals surface area contributed by atoms with Crippen LogP contribution in [0.2, 0.25) is 0 Å². The first-order valence-electron chi connectivity index (χ1n) is 6.06. The van der Waals surface area contributed by atoms with Crippen molar-refractivity contribution in [3.8, 4) is 0 Å². The van der Waals surface area contributed by atoms with Crippen molar-refractivity contribution in [3.63, 3.8) is 0 Å². The van der Waals surface area contributed by atoms with Crippen molar-refractivity contribution in [2.75, 3.05) is 7.11 Å². The molecule has 0 fully saturated rings. The molecule has 0 heterocycles. The molecular weight excluding hydrogens is 256 g/mol. The lowest BCUT2D eigenvalue weighted by Gasteiger charge is -2.07. The van der Waals surface area contributed by atoms with E-state index in [4.69, 9.17) is 4.74 Å². The maximum absolute atomic E-state index is 11.7. The van der Waals surface area contributed by atoms with E-state index in [-0.39, 0.29) is 5.97 Å². The molecule has 0 unspecified atom stereocenters. The molecule has 2 aromatic carbocycles. The third kappa shape index (κ3) is 3.61. The SMILES string of the molecule is COC(=O)c1ccccc1CSc1ccc(C)cc1. The van der Waals surface area contributed by atoms with Crippen molar-refractivity contribution in [2.24, 2.45) is 0 Å². The maximum Gasteiger partial charge on any atom is 0.338 e. The first-order valence-corrected chi connectivity index (χ1v) is 7.05. The number of benzene rings is 2. The summed E-state index contributed by atoms with van der Waals surface area (Å²) < 4.78 is 4.80. The van der Waals surface area contributed by atoms with Crippen molar-refractivity contribution in [1.29, 1.82) is 0 Å². The summed E-state index contributed by atoms with van der Waals surface area (Å²) in [4.78, 5) is 12.9. The predicted octanol–water partition coefficient (Wildman–Crippen LogP) is 4.07. The van der Waals surface area contributed by atoms with Crippen molar-refractivity contribution < 1.29 is 9.53 Å². The second kappa shape index (κ2) is 6.43. The van der Waals surface area contributed by atoms with E-state index in [0.29, 0.717) is 5.56 Å². The van der Waals surface area contributed by atoms with Gasteiger partial charge in [-0.1, -0.05) is 35.9 Å². The van der Waals surface area contributed by atoms with Crippen molar-refractivity contribution in [3.05, 3.63) is 65.2 Å². The molecule has 2 nitrogen and oxygen atoms in total. The third-order valence-electron chi connectivity index (χ3n) is 2.84. The van der Waals surface area contributed by atoms with Gasteiger partial charge in [-0.3, -0.25) is 0 Å². The molecular formula is C16H16O2S. The van der Waals surface area contributed by atoms with Gasteiger partial charge in [0, 0.05) is 10.6 Å². The highest BCUT2D eigenvalue weighted by molar-refractivity contribution is 7.98. The quantitative estimate of drug-likeness (QED) is 0.620. The number of rotatable bonds is 4. The zero-order valence-electron chi connectivity index (χ0n) is 11.1. The smallest absolute Gasteiger partial charge is 0.338 e. The molecule has 0 spiro atoms. The highest BCUT2D eigenvalue weighted by atomic mass is 32.2.